The average molecular weight is 441 g/mol. The Kier molecular flexibility index (Phi) is 8.48. The van der Waals surface area contributed by atoms with Crippen molar-refractivity contribution in [2.75, 3.05) is 39.3 Å². The van der Waals surface area contributed by atoms with Gasteiger partial charge < -0.3 is 9.80 Å². The first kappa shape index (κ1) is 23.0. The Morgan fingerprint density at radius 3 is 2.27 bits per heavy atom. The Morgan fingerprint density at radius 1 is 1.03 bits per heavy atom. The number of hydrogen-bond acceptors (Lipinski definition) is 6. The van der Waals surface area contributed by atoms with Gasteiger partial charge in [-0.1, -0.05) is 19.9 Å². The van der Waals surface area contributed by atoms with Gasteiger partial charge >= 0.3 is 0 Å². The van der Waals surface area contributed by atoms with Crippen LogP contribution in [0.5, 0.6) is 0 Å². The molecule has 0 N–H and O–H groups in total. The molecule has 1 atom stereocenters. The van der Waals surface area contributed by atoms with Gasteiger partial charge in [0.25, 0.3) is 0 Å². The average Bonchev–Trinajstić information content (AvgIpc) is 3.44. The molecule has 3 heterocycles. The van der Waals surface area contributed by atoms with Gasteiger partial charge in [-0.15, -0.1) is 22.7 Å². The van der Waals surface area contributed by atoms with Crippen molar-refractivity contribution in [1.82, 2.24) is 9.80 Å². The number of nitriles is 2. The molecule has 0 saturated carbocycles. The molecule has 0 aliphatic carbocycles. The monoisotopic (exact) mass is 440 g/mol. The van der Waals surface area contributed by atoms with Crippen molar-refractivity contribution in [2.24, 2.45) is 5.92 Å². The van der Waals surface area contributed by atoms with Gasteiger partial charge in [-0.2, -0.15) is 10.5 Å². The Labute approximate surface area is 189 Å². The summed E-state index contributed by atoms with van der Waals surface area (Å²) in [6, 6.07) is 13.1. The Hall–Kier alpha value is -1.70. The minimum Gasteiger partial charge on any atom is -0.301 e. The van der Waals surface area contributed by atoms with Crippen molar-refractivity contribution in [3.05, 3.63) is 44.3 Å². The smallest absolute Gasteiger partial charge is 0.110 e. The standard InChI is InChI=1S/C24H32N4S2/c1-20(2)24(19-26,23-9-8-22(18-25)30-23)10-5-12-28-15-13-27(14-16-28)11-3-6-21-7-4-17-29-21/h4,7-9,17,20H,3,5-6,10-16H2,1-2H3. The number of nitrogens with zero attached hydrogens (tertiary/aromatic N) is 4. The molecule has 2 aromatic rings. The topological polar surface area (TPSA) is 54.1 Å². The van der Waals surface area contributed by atoms with Gasteiger partial charge in [-0.05, 0) is 68.3 Å². The fraction of sp³-hybridized carbons (Fsp3) is 0.583. The molecule has 6 heteroatoms. The van der Waals surface area contributed by atoms with Gasteiger partial charge in [-0.25, -0.2) is 0 Å². The quantitative estimate of drug-likeness (QED) is 0.514. The second-order valence-electron chi connectivity index (χ2n) is 8.48. The molecule has 0 amide bonds. The van der Waals surface area contributed by atoms with Crippen LogP contribution in [-0.4, -0.2) is 49.1 Å². The summed E-state index contributed by atoms with van der Waals surface area (Å²) in [5.74, 6) is 0.230. The molecule has 0 spiro atoms. The normalized spacial score (nSPS) is 17.5. The lowest BCUT2D eigenvalue weighted by molar-refractivity contribution is 0.127. The van der Waals surface area contributed by atoms with Crippen LogP contribution in [0.2, 0.25) is 0 Å². The summed E-state index contributed by atoms with van der Waals surface area (Å²) in [5.41, 5.74) is -0.483. The fourth-order valence-electron chi connectivity index (χ4n) is 4.32. The first-order valence-corrected chi connectivity index (χ1v) is 12.7. The zero-order valence-electron chi connectivity index (χ0n) is 18.1. The lowest BCUT2D eigenvalue weighted by atomic mass is 9.73. The lowest BCUT2D eigenvalue weighted by Gasteiger charge is -2.36. The van der Waals surface area contributed by atoms with Crippen LogP contribution in [-0.2, 0) is 11.8 Å². The third-order valence-corrected chi connectivity index (χ3v) is 8.43. The maximum atomic E-state index is 10.1. The first-order chi connectivity index (χ1) is 14.6. The van der Waals surface area contributed by atoms with Crippen LogP contribution < -0.4 is 0 Å². The highest BCUT2D eigenvalue weighted by Crippen LogP contribution is 2.40. The molecule has 160 valence electrons. The van der Waals surface area contributed by atoms with E-state index in [0.717, 1.165) is 50.4 Å². The SMILES string of the molecule is CC(C)C(C#N)(CCCN1CCN(CCCc2cccs2)CC1)c1ccc(C#N)s1. The number of piperazine rings is 1. The van der Waals surface area contributed by atoms with Crippen molar-refractivity contribution in [3.8, 4) is 12.1 Å². The molecular weight excluding hydrogens is 408 g/mol. The molecule has 0 aromatic carbocycles. The fourth-order valence-corrected chi connectivity index (χ4v) is 6.20. The summed E-state index contributed by atoms with van der Waals surface area (Å²) in [6.45, 7) is 11.0. The highest BCUT2D eigenvalue weighted by atomic mass is 32.1. The van der Waals surface area contributed by atoms with Crippen molar-refractivity contribution in [2.45, 2.75) is 44.9 Å². The van der Waals surface area contributed by atoms with E-state index in [-0.39, 0.29) is 5.92 Å². The highest BCUT2D eigenvalue weighted by Gasteiger charge is 2.37. The summed E-state index contributed by atoms with van der Waals surface area (Å²) in [5, 5.41) is 21.4. The van der Waals surface area contributed by atoms with Crippen LogP contribution in [0, 0.1) is 28.6 Å². The number of rotatable bonds is 10. The van der Waals surface area contributed by atoms with E-state index >= 15 is 0 Å². The maximum absolute atomic E-state index is 10.1. The van der Waals surface area contributed by atoms with Gasteiger partial charge in [0.15, 0.2) is 0 Å². The van der Waals surface area contributed by atoms with Crippen LogP contribution in [0.4, 0.5) is 0 Å². The summed E-state index contributed by atoms with van der Waals surface area (Å²) >= 11 is 3.34. The third kappa shape index (κ3) is 5.71. The molecule has 1 unspecified atom stereocenters. The minimum atomic E-state index is -0.483. The molecule has 2 aromatic heterocycles. The molecule has 0 bridgehead atoms. The number of thiophene rings is 2. The second-order valence-corrected chi connectivity index (χ2v) is 10.6. The molecule has 1 aliphatic rings. The molecule has 4 nitrogen and oxygen atoms in total. The summed E-state index contributed by atoms with van der Waals surface area (Å²) in [4.78, 5) is 8.38. The van der Waals surface area contributed by atoms with Crippen LogP contribution in [0.15, 0.2) is 29.6 Å². The highest BCUT2D eigenvalue weighted by molar-refractivity contribution is 7.12. The zero-order valence-corrected chi connectivity index (χ0v) is 19.8. The zero-order chi connectivity index (χ0) is 21.4. The predicted octanol–water partition coefficient (Wildman–Crippen LogP) is 5.13. The maximum Gasteiger partial charge on any atom is 0.110 e. The number of hydrogen-bond donors (Lipinski definition) is 0. The van der Waals surface area contributed by atoms with E-state index in [1.165, 1.54) is 35.6 Å². The van der Waals surface area contributed by atoms with Crippen LogP contribution in [0.25, 0.3) is 0 Å². The van der Waals surface area contributed by atoms with E-state index in [1.807, 2.05) is 23.5 Å². The van der Waals surface area contributed by atoms with Crippen LogP contribution in [0.3, 0.4) is 0 Å². The van der Waals surface area contributed by atoms with Crippen molar-refractivity contribution < 1.29 is 0 Å². The van der Waals surface area contributed by atoms with Gasteiger partial charge in [0, 0.05) is 35.9 Å². The Morgan fingerprint density at radius 2 is 1.73 bits per heavy atom. The van der Waals surface area contributed by atoms with E-state index in [1.54, 1.807) is 0 Å². The van der Waals surface area contributed by atoms with Crippen molar-refractivity contribution >= 4 is 22.7 Å². The van der Waals surface area contributed by atoms with Gasteiger partial charge in [0.05, 0.1) is 11.5 Å². The van der Waals surface area contributed by atoms with Gasteiger partial charge in [-0.3, -0.25) is 0 Å². The predicted molar refractivity (Wildman–Crippen MR) is 126 cm³/mol. The summed E-state index contributed by atoms with van der Waals surface area (Å²) in [6.07, 6.45) is 4.31. The first-order valence-electron chi connectivity index (χ1n) is 11.0. The molecule has 1 aliphatic heterocycles. The molecular formula is C24H32N4S2. The van der Waals surface area contributed by atoms with Gasteiger partial charge in [0.2, 0.25) is 0 Å². The van der Waals surface area contributed by atoms with E-state index in [2.05, 4.69) is 53.3 Å². The number of aryl methyl sites for hydroxylation is 1. The molecule has 1 saturated heterocycles. The van der Waals surface area contributed by atoms with Crippen molar-refractivity contribution in [3.63, 3.8) is 0 Å². The third-order valence-electron chi connectivity index (χ3n) is 6.33. The molecule has 30 heavy (non-hydrogen) atoms. The Balaban J connectivity index is 1.43. The van der Waals surface area contributed by atoms with Crippen LogP contribution >= 0.6 is 22.7 Å². The second kappa shape index (κ2) is 11.1. The lowest BCUT2D eigenvalue weighted by Crippen LogP contribution is -2.47. The molecule has 3 rings (SSSR count). The van der Waals surface area contributed by atoms with E-state index in [4.69, 9.17) is 5.26 Å². The summed E-state index contributed by atoms with van der Waals surface area (Å²) < 4.78 is 0. The summed E-state index contributed by atoms with van der Waals surface area (Å²) in [7, 11) is 0. The van der Waals surface area contributed by atoms with E-state index in [0.29, 0.717) is 4.88 Å². The molecule has 1 fully saturated rings. The van der Waals surface area contributed by atoms with E-state index in [9.17, 15) is 5.26 Å². The molecule has 0 radical (unpaired) electrons. The van der Waals surface area contributed by atoms with Gasteiger partial charge in [0.1, 0.15) is 10.9 Å². The minimum absolute atomic E-state index is 0.230. The van der Waals surface area contributed by atoms with Crippen LogP contribution in [0.1, 0.15) is 47.7 Å². The largest absolute Gasteiger partial charge is 0.301 e. The Bertz CT molecular complexity index is 851. The van der Waals surface area contributed by atoms with Crippen molar-refractivity contribution in [1.29, 1.82) is 10.5 Å². The van der Waals surface area contributed by atoms with E-state index < -0.39 is 5.41 Å².